The Bertz CT molecular complexity index is 454. The Labute approximate surface area is 111 Å². The van der Waals surface area contributed by atoms with Gasteiger partial charge in [0.05, 0.1) is 5.92 Å². The molecule has 1 fully saturated rings. The average molecular weight is 263 g/mol. The van der Waals surface area contributed by atoms with Crippen molar-refractivity contribution in [3.8, 4) is 5.75 Å². The van der Waals surface area contributed by atoms with Crippen LogP contribution in [0.1, 0.15) is 19.8 Å². The predicted molar refractivity (Wildman–Crippen MR) is 68.8 cm³/mol. The van der Waals surface area contributed by atoms with E-state index in [0.717, 1.165) is 0 Å². The van der Waals surface area contributed by atoms with Crippen LogP contribution < -0.4 is 10.1 Å². The van der Waals surface area contributed by atoms with Gasteiger partial charge in [-0.25, -0.2) is 0 Å². The summed E-state index contributed by atoms with van der Waals surface area (Å²) in [5.41, 5.74) is 0. The monoisotopic (exact) mass is 263 g/mol. The number of carbonyl (C=O) groups is 2. The van der Waals surface area contributed by atoms with E-state index in [0.29, 0.717) is 18.6 Å². The largest absolute Gasteiger partial charge is 0.481 e. The molecule has 0 radical (unpaired) electrons. The summed E-state index contributed by atoms with van der Waals surface area (Å²) < 4.78 is 5.49. The molecule has 1 atom stereocenters. The lowest BCUT2D eigenvalue weighted by molar-refractivity contribution is -0.146. The highest BCUT2D eigenvalue weighted by atomic mass is 16.5. The maximum Gasteiger partial charge on any atom is 0.306 e. The number of carbonyl (C=O) groups excluding carboxylic acids is 1. The van der Waals surface area contributed by atoms with Gasteiger partial charge >= 0.3 is 5.97 Å². The molecular weight excluding hydrogens is 246 g/mol. The molecule has 102 valence electrons. The lowest BCUT2D eigenvalue weighted by Gasteiger charge is -2.33. The molecule has 0 aromatic heterocycles. The zero-order chi connectivity index (χ0) is 13.8. The van der Waals surface area contributed by atoms with Crippen molar-refractivity contribution in [3.05, 3.63) is 30.3 Å². The van der Waals surface area contributed by atoms with Gasteiger partial charge in [-0.15, -0.1) is 0 Å². The van der Waals surface area contributed by atoms with E-state index in [1.54, 1.807) is 19.1 Å². The van der Waals surface area contributed by atoms with E-state index in [2.05, 4.69) is 5.32 Å². The Morgan fingerprint density at radius 2 is 1.95 bits per heavy atom. The van der Waals surface area contributed by atoms with Crippen LogP contribution in [0.15, 0.2) is 30.3 Å². The number of rotatable bonds is 5. The fraction of sp³-hybridized carbons (Fsp3) is 0.429. The highest BCUT2D eigenvalue weighted by molar-refractivity contribution is 5.81. The fourth-order valence-corrected chi connectivity index (χ4v) is 2.01. The van der Waals surface area contributed by atoms with Crippen LogP contribution in [0, 0.1) is 5.92 Å². The van der Waals surface area contributed by atoms with E-state index in [4.69, 9.17) is 9.84 Å². The Balaban J connectivity index is 1.76. The molecule has 2 rings (SSSR count). The third kappa shape index (κ3) is 3.47. The summed E-state index contributed by atoms with van der Waals surface area (Å²) in [7, 11) is 0. The van der Waals surface area contributed by atoms with Crippen LogP contribution >= 0.6 is 0 Å². The maximum atomic E-state index is 11.8. The van der Waals surface area contributed by atoms with Gasteiger partial charge in [-0.05, 0) is 31.9 Å². The minimum absolute atomic E-state index is 0.0459. The van der Waals surface area contributed by atoms with Gasteiger partial charge in [-0.1, -0.05) is 18.2 Å². The third-order valence-corrected chi connectivity index (χ3v) is 3.26. The topological polar surface area (TPSA) is 75.6 Å². The first kappa shape index (κ1) is 13.4. The molecule has 1 unspecified atom stereocenters. The molecule has 0 spiro atoms. The Hall–Kier alpha value is -2.04. The van der Waals surface area contributed by atoms with Crippen molar-refractivity contribution in [1.82, 2.24) is 5.32 Å². The number of para-hydroxylation sites is 1. The van der Waals surface area contributed by atoms with Crippen molar-refractivity contribution < 1.29 is 19.4 Å². The minimum Gasteiger partial charge on any atom is -0.481 e. The SMILES string of the molecule is CC(Oc1ccccc1)C(=O)NC1CC(C(=O)O)C1. The molecule has 5 heteroatoms. The number of ether oxygens (including phenoxy) is 1. The molecule has 0 saturated heterocycles. The van der Waals surface area contributed by atoms with Crippen LogP contribution in [0.2, 0.25) is 0 Å². The Morgan fingerprint density at radius 3 is 2.53 bits per heavy atom. The zero-order valence-corrected chi connectivity index (χ0v) is 10.7. The van der Waals surface area contributed by atoms with Gasteiger partial charge < -0.3 is 15.2 Å². The summed E-state index contributed by atoms with van der Waals surface area (Å²) in [6.07, 6.45) is 0.407. The van der Waals surface area contributed by atoms with Gasteiger partial charge in [0.2, 0.25) is 0 Å². The van der Waals surface area contributed by atoms with Crippen LogP contribution in [0.25, 0.3) is 0 Å². The van der Waals surface area contributed by atoms with E-state index in [-0.39, 0.29) is 17.9 Å². The van der Waals surface area contributed by atoms with Crippen molar-refractivity contribution in [3.63, 3.8) is 0 Å². The van der Waals surface area contributed by atoms with Gasteiger partial charge in [-0.2, -0.15) is 0 Å². The number of amides is 1. The van der Waals surface area contributed by atoms with Gasteiger partial charge in [0.25, 0.3) is 5.91 Å². The van der Waals surface area contributed by atoms with Gasteiger partial charge in [0.1, 0.15) is 5.75 Å². The fourth-order valence-electron chi connectivity index (χ4n) is 2.01. The summed E-state index contributed by atoms with van der Waals surface area (Å²) >= 11 is 0. The van der Waals surface area contributed by atoms with E-state index in [9.17, 15) is 9.59 Å². The van der Waals surface area contributed by atoms with Crippen LogP contribution in [0.4, 0.5) is 0 Å². The lowest BCUT2D eigenvalue weighted by Crippen LogP contribution is -2.50. The molecule has 19 heavy (non-hydrogen) atoms. The van der Waals surface area contributed by atoms with Gasteiger partial charge in [-0.3, -0.25) is 9.59 Å². The van der Waals surface area contributed by atoms with Gasteiger partial charge in [0.15, 0.2) is 6.10 Å². The average Bonchev–Trinajstić information content (AvgIpc) is 2.33. The molecule has 0 aliphatic heterocycles. The van der Waals surface area contributed by atoms with Gasteiger partial charge in [0, 0.05) is 6.04 Å². The van der Waals surface area contributed by atoms with Crippen LogP contribution in [-0.4, -0.2) is 29.1 Å². The lowest BCUT2D eigenvalue weighted by atomic mass is 9.80. The van der Waals surface area contributed by atoms with E-state index >= 15 is 0 Å². The second kappa shape index (κ2) is 5.73. The Kier molecular flexibility index (Phi) is 4.04. The van der Waals surface area contributed by atoms with Crippen molar-refractivity contribution in [1.29, 1.82) is 0 Å². The van der Waals surface area contributed by atoms with Crippen molar-refractivity contribution in [2.75, 3.05) is 0 Å². The first-order chi connectivity index (χ1) is 9.06. The molecule has 1 saturated carbocycles. The first-order valence-electron chi connectivity index (χ1n) is 6.31. The molecule has 0 heterocycles. The maximum absolute atomic E-state index is 11.8. The molecule has 1 aromatic rings. The molecule has 1 aliphatic carbocycles. The Morgan fingerprint density at radius 1 is 1.32 bits per heavy atom. The summed E-state index contributed by atoms with van der Waals surface area (Å²) in [5, 5.41) is 11.5. The van der Waals surface area contributed by atoms with E-state index in [1.807, 2.05) is 18.2 Å². The van der Waals surface area contributed by atoms with Crippen molar-refractivity contribution in [2.24, 2.45) is 5.92 Å². The third-order valence-electron chi connectivity index (χ3n) is 3.26. The summed E-state index contributed by atoms with van der Waals surface area (Å²) in [4.78, 5) is 22.5. The first-order valence-corrected chi connectivity index (χ1v) is 6.31. The number of carboxylic acids is 1. The second-order valence-electron chi connectivity index (χ2n) is 4.79. The number of nitrogens with one attached hydrogen (secondary N) is 1. The number of hydrogen-bond donors (Lipinski definition) is 2. The smallest absolute Gasteiger partial charge is 0.306 e. The predicted octanol–water partition coefficient (Wildman–Crippen LogP) is 1.43. The zero-order valence-electron chi connectivity index (χ0n) is 10.7. The number of aliphatic carboxylic acids is 1. The molecule has 1 aromatic carbocycles. The summed E-state index contributed by atoms with van der Waals surface area (Å²) in [6.45, 7) is 1.68. The summed E-state index contributed by atoms with van der Waals surface area (Å²) in [6, 6.07) is 9.07. The normalized spacial score (nSPS) is 23.0. The standard InChI is InChI=1S/C14H17NO4/c1-9(19-12-5-3-2-4-6-12)13(16)15-11-7-10(8-11)14(17)18/h2-6,9-11H,7-8H2,1H3,(H,15,16)(H,17,18). The van der Waals surface area contributed by atoms with Crippen molar-refractivity contribution in [2.45, 2.75) is 31.9 Å². The molecule has 2 N–H and O–H groups in total. The van der Waals surface area contributed by atoms with E-state index < -0.39 is 12.1 Å². The van der Waals surface area contributed by atoms with Crippen LogP contribution in [-0.2, 0) is 9.59 Å². The molecule has 0 bridgehead atoms. The van der Waals surface area contributed by atoms with Crippen LogP contribution in [0.3, 0.4) is 0 Å². The second-order valence-corrected chi connectivity index (χ2v) is 4.79. The quantitative estimate of drug-likeness (QED) is 0.842. The number of benzene rings is 1. The van der Waals surface area contributed by atoms with Crippen LogP contribution in [0.5, 0.6) is 5.75 Å². The highest BCUT2D eigenvalue weighted by Gasteiger charge is 2.36. The minimum atomic E-state index is -0.793. The molecule has 5 nitrogen and oxygen atoms in total. The van der Waals surface area contributed by atoms with E-state index in [1.165, 1.54) is 0 Å². The van der Waals surface area contributed by atoms with Crippen molar-refractivity contribution >= 4 is 11.9 Å². The number of hydrogen-bond acceptors (Lipinski definition) is 3. The summed E-state index contributed by atoms with van der Waals surface area (Å²) in [5.74, 6) is -0.686. The molecule has 1 amide bonds. The highest BCUT2D eigenvalue weighted by Crippen LogP contribution is 2.27. The molecular formula is C14H17NO4. The number of carboxylic acid groups (broad SMARTS) is 1. The molecule has 1 aliphatic rings.